The Bertz CT molecular complexity index is 537. The number of benzene rings is 1. The van der Waals surface area contributed by atoms with Gasteiger partial charge in [-0.2, -0.15) is 0 Å². The van der Waals surface area contributed by atoms with Crippen molar-refractivity contribution >= 4 is 23.3 Å². The van der Waals surface area contributed by atoms with E-state index >= 15 is 0 Å². The number of morpholine rings is 1. The molecule has 4 nitrogen and oxygen atoms in total. The maximum atomic E-state index is 12.5. The van der Waals surface area contributed by atoms with Crippen LogP contribution in [-0.2, 0) is 9.53 Å². The SMILES string of the molecule is O=C1CC(C(=O)N2CCOCC2)c2c(Cl)cccc21. The predicted molar refractivity (Wildman–Crippen MR) is 70.5 cm³/mol. The molecule has 1 saturated heterocycles. The number of ether oxygens (including phenoxy) is 1. The van der Waals surface area contributed by atoms with Crippen molar-refractivity contribution < 1.29 is 14.3 Å². The van der Waals surface area contributed by atoms with Gasteiger partial charge in [0.25, 0.3) is 0 Å². The van der Waals surface area contributed by atoms with Crippen LogP contribution in [0.3, 0.4) is 0 Å². The fraction of sp³-hybridized carbons (Fsp3) is 0.429. The van der Waals surface area contributed by atoms with Crippen molar-refractivity contribution in [1.29, 1.82) is 0 Å². The molecule has 1 aromatic rings. The van der Waals surface area contributed by atoms with Crippen molar-refractivity contribution in [3.8, 4) is 0 Å². The molecule has 1 fully saturated rings. The van der Waals surface area contributed by atoms with Crippen molar-refractivity contribution in [2.45, 2.75) is 12.3 Å². The van der Waals surface area contributed by atoms with E-state index in [2.05, 4.69) is 0 Å². The summed E-state index contributed by atoms with van der Waals surface area (Å²) in [5.41, 5.74) is 1.30. The molecule has 1 aliphatic heterocycles. The van der Waals surface area contributed by atoms with Crippen LogP contribution in [0.15, 0.2) is 18.2 Å². The first kappa shape index (κ1) is 12.6. The first-order valence-corrected chi connectivity index (χ1v) is 6.74. The summed E-state index contributed by atoms with van der Waals surface area (Å²) in [5, 5.41) is 0.509. The second-order valence-corrected chi connectivity index (χ2v) is 5.23. The highest BCUT2D eigenvalue weighted by Crippen LogP contribution is 2.39. The molecule has 1 aromatic carbocycles. The van der Waals surface area contributed by atoms with Gasteiger partial charge in [-0.25, -0.2) is 0 Å². The largest absolute Gasteiger partial charge is 0.378 e. The molecule has 2 aliphatic rings. The van der Waals surface area contributed by atoms with Gasteiger partial charge in [0.15, 0.2) is 5.78 Å². The minimum absolute atomic E-state index is 0.00381. The Morgan fingerprint density at radius 3 is 2.79 bits per heavy atom. The zero-order chi connectivity index (χ0) is 13.4. The second kappa shape index (κ2) is 4.94. The summed E-state index contributed by atoms with van der Waals surface area (Å²) in [6.07, 6.45) is 0.231. The van der Waals surface area contributed by atoms with Crippen LogP contribution in [0.25, 0.3) is 0 Å². The van der Waals surface area contributed by atoms with Crippen molar-refractivity contribution in [2.75, 3.05) is 26.3 Å². The molecule has 100 valence electrons. The number of halogens is 1. The lowest BCUT2D eigenvalue weighted by atomic mass is 9.99. The average Bonchev–Trinajstić information content (AvgIpc) is 2.78. The van der Waals surface area contributed by atoms with Crippen molar-refractivity contribution in [3.63, 3.8) is 0 Å². The van der Waals surface area contributed by atoms with Gasteiger partial charge in [-0.15, -0.1) is 0 Å². The van der Waals surface area contributed by atoms with Gasteiger partial charge in [0.1, 0.15) is 0 Å². The van der Waals surface area contributed by atoms with E-state index in [1.54, 1.807) is 23.1 Å². The third-order valence-corrected chi connectivity index (χ3v) is 4.04. The van der Waals surface area contributed by atoms with Crippen LogP contribution in [0.4, 0.5) is 0 Å². The zero-order valence-electron chi connectivity index (χ0n) is 10.4. The van der Waals surface area contributed by atoms with Crippen LogP contribution < -0.4 is 0 Å². The normalized spacial score (nSPS) is 22.5. The van der Waals surface area contributed by atoms with Gasteiger partial charge >= 0.3 is 0 Å². The Balaban J connectivity index is 1.91. The summed E-state index contributed by atoms with van der Waals surface area (Å²) in [6, 6.07) is 5.23. The van der Waals surface area contributed by atoms with Gasteiger partial charge in [-0.1, -0.05) is 23.7 Å². The van der Waals surface area contributed by atoms with E-state index < -0.39 is 5.92 Å². The first-order valence-electron chi connectivity index (χ1n) is 6.36. The number of Topliss-reactive ketones (excluding diaryl/α,β-unsaturated/α-hetero) is 1. The lowest BCUT2D eigenvalue weighted by Gasteiger charge is -2.29. The van der Waals surface area contributed by atoms with Crippen LogP contribution in [0.1, 0.15) is 28.3 Å². The third-order valence-electron chi connectivity index (χ3n) is 3.71. The van der Waals surface area contributed by atoms with E-state index in [1.165, 1.54) is 0 Å². The van der Waals surface area contributed by atoms with Crippen molar-refractivity contribution in [1.82, 2.24) is 4.90 Å². The Hall–Kier alpha value is -1.39. The van der Waals surface area contributed by atoms with Crippen molar-refractivity contribution in [2.24, 2.45) is 0 Å². The molecule has 1 unspecified atom stereocenters. The third kappa shape index (κ3) is 2.15. The van der Waals surface area contributed by atoms with Gasteiger partial charge in [0.2, 0.25) is 5.91 Å². The Morgan fingerprint density at radius 1 is 1.32 bits per heavy atom. The highest BCUT2D eigenvalue weighted by atomic mass is 35.5. The molecule has 0 spiro atoms. The number of amides is 1. The predicted octanol–water partition coefficient (Wildman–Crippen LogP) is 1.87. The highest BCUT2D eigenvalue weighted by Gasteiger charge is 2.38. The van der Waals surface area contributed by atoms with E-state index in [0.717, 1.165) is 0 Å². The summed E-state index contributed by atoms with van der Waals surface area (Å²) in [4.78, 5) is 26.2. The Kier molecular flexibility index (Phi) is 3.29. The van der Waals surface area contributed by atoms with Gasteiger partial charge in [0, 0.05) is 30.1 Å². The minimum atomic E-state index is -0.422. The molecular weight excluding hydrogens is 266 g/mol. The molecule has 0 saturated carbocycles. The average molecular weight is 280 g/mol. The van der Waals surface area contributed by atoms with Gasteiger partial charge in [0.05, 0.1) is 19.1 Å². The Morgan fingerprint density at radius 2 is 2.05 bits per heavy atom. The van der Waals surface area contributed by atoms with E-state index in [4.69, 9.17) is 16.3 Å². The molecule has 1 atom stereocenters. The number of carbonyl (C=O) groups is 2. The lowest BCUT2D eigenvalue weighted by molar-refractivity contribution is -0.136. The maximum absolute atomic E-state index is 12.5. The molecule has 0 radical (unpaired) electrons. The topological polar surface area (TPSA) is 46.6 Å². The summed E-state index contributed by atoms with van der Waals surface area (Å²) in [7, 11) is 0. The van der Waals surface area contributed by atoms with Crippen molar-refractivity contribution in [3.05, 3.63) is 34.3 Å². The molecule has 0 bridgehead atoms. The van der Waals surface area contributed by atoms with Crippen LogP contribution >= 0.6 is 11.6 Å². The molecule has 3 rings (SSSR count). The fourth-order valence-corrected chi connectivity index (χ4v) is 3.05. The first-order chi connectivity index (χ1) is 9.18. The second-order valence-electron chi connectivity index (χ2n) is 4.82. The molecule has 1 aliphatic carbocycles. The lowest BCUT2D eigenvalue weighted by Crippen LogP contribution is -2.42. The van der Waals surface area contributed by atoms with E-state index in [9.17, 15) is 9.59 Å². The summed E-state index contributed by atoms with van der Waals surface area (Å²) >= 11 is 6.17. The summed E-state index contributed by atoms with van der Waals surface area (Å²) in [6.45, 7) is 2.29. The molecular formula is C14H14ClNO3. The number of hydrogen-bond acceptors (Lipinski definition) is 3. The summed E-state index contributed by atoms with van der Waals surface area (Å²) < 4.78 is 5.24. The number of rotatable bonds is 1. The minimum Gasteiger partial charge on any atom is -0.378 e. The van der Waals surface area contributed by atoms with Crippen LogP contribution in [0.2, 0.25) is 5.02 Å². The maximum Gasteiger partial charge on any atom is 0.230 e. The summed E-state index contributed by atoms with van der Waals surface area (Å²) in [5.74, 6) is -0.429. The van der Waals surface area contributed by atoms with Crippen LogP contribution in [0, 0.1) is 0 Å². The number of fused-ring (bicyclic) bond motifs is 1. The quantitative estimate of drug-likeness (QED) is 0.788. The number of carbonyl (C=O) groups excluding carboxylic acids is 2. The molecule has 0 N–H and O–H groups in total. The van der Waals surface area contributed by atoms with E-state index in [-0.39, 0.29) is 18.1 Å². The molecule has 1 amide bonds. The number of ketones is 1. The van der Waals surface area contributed by atoms with Gasteiger partial charge in [-0.3, -0.25) is 9.59 Å². The molecule has 0 aromatic heterocycles. The molecule has 19 heavy (non-hydrogen) atoms. The highest BCUT2D eigenvalue weighted by molar-refractivity contribution is 6.32. The number of hydrogen-bond donors (Lipinski definition) is 0. The van der Waals surface area contributed by atoms with E-state index in [1.807, 2.05) is 0 Å². The van der Waals surface area contributed by atoms with Gasteiger partial charge < -0.3 is 9.64 Å². The smallest absolute Gasteiger partial charge is 0.230 e. The fourth-order valence-electron chi connectivity index (χ4n) is 2.75. The standard InChI is InChI=1S/C14H14ClNO3/c15-11-3-1-2-9-12(17)8-10(13(9)11)14(18)16-4-6-19-7-5-16/h1-3,10H,4-8H2. The van der Waals surface area contributed by atoms with Crippen LogP contribution in [-0.4, -0.2) is 42.9 Å². The monoisotopic (exact) mass is 279 g/mol. The van der Waals surface area contributed by atoms with Gasteiger partial charge in [-0.05, 0) is 11.6 Å². The van der Waals surface area contributed by atoms with E-state index in [0.29, 0.717) is 42.5 Å². The van der Waals surface area contributed by atoms with Crippen LogP contribution in [0.5, 0.6) is 0 Å². The molecule has 1 heterocycles. The molecule has 5 heteroatoms. The zero-order valence-corrected chi connectivity index (χ0v) is 11.2. The number of nitrogens with zero attached hydrogens (tertiary/aromatic N) is 1. The Labute approximate surface area is 116 Å².